The highest BCUT2D eigenvalue weighted by atomic mass is 16.5. The van der Waals surface area contributed by atoms with Crippen LogP contribution >= 0.6 is 0 Å². The molecule has 2 aromatic carbocycles. The minimum absolute atomic E-state index is 0.125. The Labute approximate surface area is 108 Å². The molecule has 0 spiro atoms. The second-order valence-electron chi connectivity index (χ2n) is 5.04. The van der Waals surface area contributed by atoms with Gasteiger partial charge in [0.25, 0.3) is 0 Å². The van der Waals surface area contributed by atoms with Crippen LogP contribution in [0.15, 0.2) is 42.5 Å². The first kappa shape index (κ1) is 11.7. The van der Waals surface area contributed by atoms with E-state index in [0.29, 0.717) is 5.92 Å². The van der Waals surface area contributed by atoms with Gasteiger partial charge in [-0.05, 0) is 35.1 Å². The van der Waals surface area contributed by atoms with E-state index in [1.54, 1.807) is 0 Å². The molecule has 1 aliphatic rings. The molecule has 0 aromatic heterocycles. The SMILES string of the molecule is N[C@H](c1cccc2ccccc12)C1CCOCC1. The maximum absolute atomic E-state index is 6.48. The van der Waals surface area contributed by atoms with Gasteiger partial charge in [-0.25, -0.2) is 0 Å². The van der Waals surface area contributed by atoms with Crippen LogP contribution in [-0.4, -0.2) is 13.2 Å². The zero-order valence-electron chi connectivity index (χ0n) is 10.5. The smallest absolute Gasteiger partial charge is 0.0469 e. The first-order chi connectivity index (χ1) is 8.86. The van der Waals surface area contributed by atoms with E-state index in [9.17, 15) is 0 Å². The van der Waals surface area contributed by atoms with Crippen molar-refractivity contribution in [3.63, 3.8) is 0 Å². The van der Waals surface area contributed by atoms with Crippen molar-refractivity contribution in [2.75, 3.05) is 13.2 Å². The fourth-order valence-corrected chi connectivity index (χ4v) is 2.87. The monoisotopic (exact) mass is 241 g/mol. The summed E-state index contributed by atoms with van der Waals surface area (Å²) in [5.41, 5.74) is 7.76. The van der Waals surface area contributed by atoms with Gasteiger partial charge in [0, 0.05) is 19.3 Å². The lowest BCUT2D eigenvalue weighted by Gasteiger charge is -2.28. The molecule has 2 aromatic rings. The van der Waals surface area contributed by atoms with Crippen molar-refractivity contribution in [3.05, 3.63) is 48.0 Å². The van der Waals surface area contributed by atoms with Gasteiger partial charge < -0.3 is 10.5 Å². The van der Waals surface area contributed by atoms with Gasteiger partial charge in [-0.2, -0.15) is 0 Å². The van der Waals surface area contributed by atoms with Crippen LogP contribution in [0, 0.1) is 5.92 Å². The number of hydrogen-bond donors (Lipinski definition) is 1. The van der Waals surface area contributed by atoms with Gasteiger partial charge in [0.05, 0.1) is 0 Å². The lowest BCUT2D eigenvalue weighted by Crippen LogP contribution is -2.27. The van der Waals surface area contributed by atoms with Crippen LogP contribution in [0.25, 0.3) is 10.8 Å². The third-order valence-electron chi connectivity index (χ3n) is 3.96. The Morgan fingerprint density at radius 2 is 1.72 bits per heavy atom. The van der Waals surface area contributed by atoms with Gasteiger partial charge in [0.15, 0.2) is 0 Å². The van der Waals surface area contributed by atoms with E-state index >= 15 is 0 Å². The summed E-state index contributed by atoms with van der Waals surface area (Å²) in [5.74, 6) is 0.546. The Morgan fingerprint density at radius 3 is 2.56 bits per heavy atom. The lowest BCUT2D eigenvalue weighted by atomic mass is 9.86. The second kappa shape index (κ2) is 5.09. The van der Waals surface area contributed by atoms with Crippen LogP contribution in [0.3, 0.4) is 0 Å². The molecule has 1 aliphatic heterocycles. The second-order valence-corrected chi connectivity index (χ2v) is 5.04. The van der Waals surface area contributed by atoms with Crippen LogP contribution in [0.1, 0.15) is 24.4 Å². The first-order valence-electron chi connectivity index (χ1n) is 6.67. The van der Waals surface area contributed by atoms with Crippen molar-refractivity contribution >= 4 is 10.8 Å². The number of nitrogens with two attached hydrogens (primary N) is 1. The summed E-state index contributed by atoms with van der Waals surface area (Å²) in [5, 5.41) is 2.57. The van der Waals surface area contributed by atoms with Crippen molar-refractivity contribution in [2.45, 2.75) is 18.9 Å². The van der Waals surface area contributed by atoms with Crippen LogP contribution in [-0.2, 0) is 4.74 Å². The summed E-state index contributed by atoms with van der Waals surface area (Å²) < 4.78 is 5.42. The number of fused-ring (bicyclic) bond motifs is 1. The molecule has 2 nitrogen and oxygen atoms in total. The van der Waals surface area contributed by atoms with Crippen molar-refractivity contribution in [2.24, 2.45) is 11.7 Å². The highest BCUT2D eigenvalue weighted by molar-refractivity contribution is 5.86. The molecule has 94 valence electrons. The number of hydrogen-bond acceptors (Lipinski definition) is 2. The van der Waals surface area contributed by atoms with Crippen LogP contribution in [0.4, 0.5) is 0 Å². The van der Waals surface area contributed by atoms with Crippen LogP contribution < -0.4 is 5.73 Å². The Hall–Kier alpha value is -1.38. The minimum Gasteiger partial charge on any atom is -0.381 e. The van der Waals surface area contributed by atoms with Gasteiger partial charge in [-0.1, -0.05) is 42.5 Å². The minimum atomic E-state index is 0.125. The molecule has 3 rings (SSSR count). The fourth-order valence-electron chi connectivity index (χ4n) is 2.87. The maximum atomic E-state index is 6.48. The first-order valence-corrected chi connectivity index (χ1v) is 6.67. The van der Waals surface area contributed by atoms with E-state index < -0.39 is 0 Å². The summed E-state index contributed by atoms with van der Waals surface area (Å²) in [6.45, 7) is 1.70. The van der Waals surface area contributed by atoms with Gasteiger partial charge in [0.1, 0.15) is 0 Å². The topological polar surface area (TPSA) is 35.2 Å². The predicted molar refractivity (Wildman–Crippen MR) is 74.4 cm³/mol. The van der Waals surface area contributed by atoms with E-state index in [1.807, 2.05) is 0 Å². The fraction of sp³-hybridized carbons (Fsp3) is 0.375. The lowest BCUT2D eigenvalue weighted by molar-refractivity contribution is 0.0585. The maximum Gasteiger partial charge on any atom is 0.0469 e. The van der Waals surface area contributed by atoms with E-state index in [-0.39, 0.29) is 6.04 Å². The average molecular weight is 241 g/mol. The zero-order valence-corrected chi connectivity index (χ0v) is 10.5. The highest BCUT2D eigenvalue weighted by Gasteiger charge is 2.23. The van der Waals surface area contributed by atoms with E-state index in [4.69, 9.17) is 10.5 Å². The normalized spacial score (nSPS) is 18.9. The van der Waals surface area contributed by atoms with E-state index in [1.165, 1.54) is 16.3 Å². The molecule has 18 heavy (non-hydrogen) atoms. The largest absolute Gasteiger partial charge is 0.381 e. The van der Waals surface area contributed by atoms with Crippen molar-refractivity contribution in [3.8, 4) is 0 Å². The van der Waals surface area contributed by atoms with Gasteiger partial charge >= 0.3 is 0 Å². The summed E-state index contributed by atoms with van der Waals surface area (Å²) in [7, 11) is 0. The molecule has 2 heteroatoms. The molecule has 0 radical (unpaired) electrons. The molecule has 2 N–H and O–H groups in total. The third kappa shape index (κ3) is 2.14. The van der Waals surface area contributed by atoms with Crippen molar-refractivity contribution < 1.29 is 4.74 Å². The number of rotatable bonds is 2. The molecule has 0 amide bonds. The van der Waals surface area contributed by atoms with Gasteiger partial charge in [-0.15, -0.1) is 0 Å². The molecule has 1 saturated heterocycles. The van der Waals surface area contributed by atoms with Crippen LogP contribution in [0.2, 0.25) is 0 Å². The molecule has 1 heterocycles. The Bertz CT molecular complexity index is 526. The summed E-state index contributed by atoms with van der Waals surface area (Å²) in [6.07, 6.45) is 2.15. The summed E-state index contributed by atoms with van der Waals surface area (Å²) in [4.78, 5) is 0. The molecule has 0 aliphatic carbocycles. The standard InChI is InChI=1S/C16H19NO/c17-16(13-8-10-18-11-9-13)15-7-3-5-12-4-1-2-6-14(12)15/h1-7,13,16H,8-11,17H2/t16-/m0/s1. The average Bonchev–Trinajstić information content (AvgIpc) is 2.47. The summed E-state index contributed by atoms with van der Waals surface area (Å²) in [6, 6.07) is 15.0. The zero-order chi connectivity index (χ0) is 12.4. The molecular weight excluding hydrogens is 222 g/mol. The molecular formula is C16H19NO. The quantitative estimate of drug-likeness (QED) is 0.875. The summed E-state index contributed by atoms with van der Waals surface area (Å²) >= 11 is 0. The third-order valence-corrected chi connectivity index (χ3v) is 3.96. The predicted octanol–water partition coefficient (Wildman–Crippen LogP) is 3.27. The van der Waals surface area contributed by atoms with Gasteiger partial charge in [-0.3, -0.25) is 0 Å². The number of ether oxygens (including phenoxy) is 1. The van der Waals surface area contributed by atoms with Crippen LogP contribution in [0.5, 0.6) is 0 Å². The number of benzene rings is 2. The molecule has 0 unspecified atom stereocenters. The van der Waals surface area contributed by atoms with E-state index in [2.05, 4.69) is 42.5 Å². The van der Waals surface area contributed by atoms with E-state index in [0.717, 1.165) is 26.1 Å². The Kier molecular flexibility index (Phi) is 3.31. The molecule has 0 saturated carbocycles. The van der Waals surface area contributed by atoms with Crippen molar-refractivity contribution in [1.29, 1.82) is 0 Å². The molecule has 1 atom stereocenters. The van der Waals surface area contributed by atoms with Crippen molar-refractivity contribution in [1.82, 2.24) is 0 Å². The highest BCUT2D eigenvalue weighted by Crippen LogP contribution is 2.32. The Morgan fingerprint density at radius 1 is 1.00 bits per heavy atom. The Balaban J connectivity index is 1.97. The van der Waals surface area contributed by atoms with Gasteiger partial charge in [0.2, 0.25) is 0 Å². The molecule has 1 fully saturated rings. The molecule has 0 bridgehead atoms.